The van der Waals surface area contributed by atoms with Gasteiger partial charge < -0.3 is 9.80 Å². The maximum absolute atomic E-state index is 12.4. The maximum atomic E-state index is 12.4. The number of allylic oxidation sites excluding steroid dienone is 1. The molecule has 130 valence electrons. The number of piperazine rings is 1. The standard InChI is InChI=1S/C21H24N2OS/c1-22-13-15-23(16-14-22)19-8-6-18(7-9-19)21(24)12-5-17-3-10-20(25-2)11-4-17/h3-12H,13-16H2,1-2H3/b12-5+. The largest absolute Gasteiger partial charge is 0.369 e. The van der Waals surface area contributed by atoms with E-state index < -0.39 is 0 Å². The van der Waals surface area contributed by atoms with Crippen molar-refractivity contribution in [3.8, 4) is 0 Å². The normalized spacial score (nSPS) is 15.7. The summed E-state index contributed by atoms with van der Waals surface area (Å²) in [6, 6.07) is 16.2. The molecule has 1 saturated heterocycles. The first-order valence-corrected chi connectivity index (χ1v) is 9.78. The number of hydrogen-bond acceptors (Lipinski definition) is 4. The molecule has 0 radical (unpaired) electrons. The molecule has 25 heavy (non-hydrogen) atoms. The van der Waals surface area contributed by atoms with Gasteiger partial charge in [-0.1, -0.05) is 18.2 Å². The highest BCUT2D eigenvalue weighted by Gasteiger charge is 2.14. The number of ketones is 1. The Bertz CT molecular complexity index is 729. The fraction of sp³-hybridized carbons (Fsp3) is 0.286. The molecule has 0 N–H and O–H groups in total. The van der Waals surface area contributed by atoms with Gasteiger partial charge in [0.15, 0.2) is 5.78 Å². The van der Waals surface area contributed by atoms with E-state index in [0.717, 1.165) is 37.3 Å². The molecular weight excluding hydrogens is 328 g/mol. The summed E-state index contributed by atoms with van der Waals surface area (Å²) < 4.78 is 0. The molecule has 1 heterocycles. The highest BCUT2D eigenvalue weighted by molar-refractivity contribution is 7.98. The van der Waals surface area contributed by atoms with Gasteiger partial charge in [-0.05, 0) is 61.3 Å². The molecule has 2 aromatic rings. The second kappa shape index (κ2) is 8.37. The smallest absolute Gasteiger partial charge is 0.185 e. The number of nitrogens with zero attached hydrogens (tertiary/aromatic N) is 2. The SMILES string of the molecule is CSc1ccc(/C=C/C(=O)c2ccc(N3CCN(C)CC3)cc2)cc1. The Morgan fingerprint density at radius 2 is 1.60 bits per heavy atom. The van der Waals surface area contributed by atoms with Crippen LogP contribution in [0.2, 0.25) is 0 Å². The molecule has 0 saturated carbocycles. The minimum absolute atomic E-state index is 0.0406. The van der Waals surface area contributed by atoms with E-state index in [2.05, 4.69) is 47.4 Å². The fourth-order valence-corrected chi connectivity index (χ4v) is 3.29. The van der Waals surface area contributed by atoms with Gasteiger partial charge in [-0.25, -0.2) is 0 Å². The van der Waals surface area contributed by atoms with Crippen molar-refractivity contribution in [2.75, 3.05) is 44.4 Å². The first-order chi connectivity index (χ1) is 12.2. The first kappa shape index (κ1) is 17.8. The van der Waals surface area contributed by atoms with Gasteiger partial charge in [0.05, 0.1) is 0 Å². The first-order valence-electron chi connectivity index (χ1n) is 8.56. The van der Waals surface area contributed by atoms with E-state index >= 15 is 0 Å². The van der Waals surface area contributed by atoms with Crippen molar-refractivity contribution >= 4 is 29.3 Å². The van der Waals surface area contributed by atoms with Gasteiger partial charge in [-0.15, -0.1) is 11.8 Å². The second-order valence-corrected chi connectivity index (χ2v) is 7.19. The van der Waals surface area contributed by atoms with Gasteiger partial charge in [0.25, 0.3) is 0 Å². The van der Waals surface area contributed by atoms with Crippen LogP contribution < -0.4 is 4.90 Å². The van der Waals surface area contributed by atoms with E-state index in [0.29, 0.717) is 0 Å². The summed E-state index contributed by atoms with van der Waals surface area (Å²) in [5.74, 6) is 0.0406. The van der Waals surface area contributed by atoms with Crippen LogP contribution >= 0.6 is 11.8 Å². The number of thioether (sulfide) groups is 1. The van der Waals surface area contributed by atoms with Crippen LogP contribution in [-0.4, -0.2) is 50.2 Å². The lowest BCUT2D eigenvalue weighted by Crippen LogP contribution is -2.44. The van der Waals surface area contributed by atoms with Crippen molar-refractivity contribution in [3.63, 3.8) is 0 Å². The predicted molar refractivity (Wildman–Crippen MR) is 108 cm³/mol. The highest BCUT2D eigenvalue weighted by Crippen LogP contribution is 2.18. The molecular formula is C21H24N2OS. The van der Waals surface area contributed by atoms with Gasteiger partial charge in [0.1, 0.15) is 0 Å². The van der Waals surface area contributed by atoms with Crippen molar-refractivity contribution in [1.29, 1.82) is 0 Å². The molecule has 0 unspecified atom stereocenters. The maximum Gasteiger partial charge on any atom is 0.185 e. The van der Waals surface area contributed by atoms with Crippen LogP contribution in [0, 0.1) is 0 Å². The minimum atomic E-state index is 0.0406. The zero-order chi connectivity index (χ0) is 17.6. The van der Waals surface area contributed by atoms with Crippen LogP contribution in [0.4, 0.5) is 5.69 Å². The van der Waals surface area contributed by atoms with Gasteiger partial charge in [-0.2, -0.15) is 0 Å². The van der Waals surface area contributed by atoms with Gasteiger partial charge >= 0.3 is 0 Å². The van der Waals surface area contributed by atoms with Crippen LogP contribution in [0.15, 0.2) is 59.5 Å². The average molecular weight is 353 g/mol. The third kappa shape index (κ3) is 4.74. The quantitative estimate of drug-likeness (QED) is 0.460. The molecule has 0 spiro atoms. The molecule has 0 aromatic heterocycles. The molecule has 0 amide bonds. The summed E-state index contributed by atoms with van der Waals surface area (Å²) in [5, 5.41) is 0. The Morgan fingerprint density at radius 3 is 2.20 bits per heavy atom. The van der Waals surface area contributed by atoms with Crippen molar-refractivity contribution in [2.45, 2.75) is 4.90 Å². The van der Waals surface area contributed by atoms with Crippen molar-refractivity contribution in [3.05, 3.63) is 65.7 Å². The lowest BCUT2D eigenvalue weighted by Gasteiger charge is -2.34. The molecule has 4 heteroatoms. The molecule has 3 rings (SSSR count). The topological polar surface area (TPSA) is 23.6 Å². The van der Waals surface area contributed by atoms with E-state index in [1.807, 2.05) is 30.3 Å². The van der Waals surface area contributed by atoms with E-state index in [1.165, 1.54) is 10.6 Å². The number of carbonyl (C=O) groups excluding carboxylic acids is 1. The third-order valence-electron chi connectivity index (χ3n) is 4.56. The Kier molecular flexibility index (Phi) is 5.95. The molecule has 2 aromatic carbocycles. The summed E-state index contributed by atoms with van der Waals surface area (Å²) in [5.41, 5.74) is 2.97. The molecule has 0 aliphatic carbocycles. The number of carbonyl (C=O) groups is 1. The minimum Gasteiger partial charge on any atom is -0.369 e. The number of benzene rings is 2. The van der Waals surface area contributed by atoms with Gasteiger partial charge in [-0.3, -0.25) is 4.79 Å². The predicted octanol–water partition coefficient (Wildman–Crippen LogP) is 4.06. The number of likely N-dealkylation sites (N-methyl/N-ethyl adjacent to an activating group) is 1. The van der Waals surface area contributed by atoms with Crippen molar-refractivity contribution < 1.29 is 4.79 Å². The fourth-order valence-electron chi connectivity index (χ4n) is 2.88. The Balaban J connectivity index is 1.63. The number of rotatable bonds is 5. The average Bonchev–Trinajstić information content (AvgIpc) is 2.67. The zero-order valence-corrected chi connectivity index (χ0v) is 15.6. The summed E-state index contributed by atoms with van der Waals surface area (Å²) >= 11 is 1.71. The highest BCUT2D eigenvalue weighted by atomic mass is 32.2. The summed E-state index contributed by atoms with van der Waals surface area (Å²) in [6.07, 6.45) is 5.58. The van der Waals surface area contributed by atoms with Gasteiger partial charge in [0.2, 0.25) is 0 Å². The Morgan fingerprint density at radius 1 is 0.960 bits per heavy atom. The van der Waals surface area contributed by atoms with Crippen LogP contribution in [-0.2, 0) is 0 Å². The van der Waals surface area contributed by atoms with Crippen LogP contribution in [0.3, 0.4) is 0 Å². The van der Waals surface area contributed by atoms with Crippen molar-refractivity contribution in [1.82, 2.24) is 4.90 Å². The summed E-state index contributed by atoms with van der Waals surface area (Å²) in [7, 11) is 2.15. The Labute approximate surface area is 154 Å². The van der Waals surface area contributed by atoms with Crippen LogP contribution in [0.1, 0.15) is 15.9 Å². The Hall–Kier alpha value is -2.04. The van der Waals surface area contributed by atoms with E-state index in [4.69, 9.17) is 0 Å². The summed E-state index contributed by atoms with van der Waals surface area (Å²) in [6.45, 7) is 4.24. The number of hydrogen-bond donors (Lipinski definition) is 0. The molecule has 0 atom stereocenters. The van der Waals surface area contributed by atoms with Crippen LogP contribution in [0.5, 0.6) is 0 Å². The lowest BCUT2D eigenvalue weighted by atomic mass is 10.1. The second-order valence-electron chi connectivity index (χ2n) is 6.31. The molecule has 1 fully saturated rings. The number of anilines is 1. The molecule has 0 bridgehead atoms. The molecule has 1 aliphatic heterocycles. The summed E-state index contributed by atoms with van der Waals surface area (Å²) in [4.78, 5) is 18.3. The van der Waals surface area contributed by atoms with Crippen LogP contribution in [0.25, 0.3) is 6.08 Å². The zero-order valence-electron chi connectivity index (χ0n) is 14.8. The molecule has 3 nitrogen and oxygen atoms in total. The third-order valence-corrected chi connectivity index (χ3v) is 5.31. The van der Waals surface area contributed by atoms with E-state index in [-0.39, 0.29) is 5.78 Å². The van der Waals surface area contributed by atoms with Gasteiger partial charge in [0, 0.05) is 42.3 Å². The van der Waals surface area contributed by atoms with Crippen molar-refractivity contribution in [2.24, 2.45) is 0 Å². The monoisotopic (exact) mass is 352 g/mol. The lowest BCUT2D eigenvalue weighted by molar-refractivity contribution is 0.104. The van der Waals surface area contributed by atoms with E-state index in [1.54, 1.807) is 17.8 Å². The van der Waals surface area contributed by atoms with E-state index in [9.17, 15) is 4.79 Å². The molecule has 1 aliphatic rings.